The molecule has 0 radical (unpaired) electrons. The van der Waals surface area contributed by atoms with Crippen molar-refractivity contribution in [3.05, 3.63) is 0 Å². The van der Waals surface area contributed by atoms with Crippen LogP contribution in [0.2, 0.25) is 0 Å². The van der Waals surface area contributed by atoms with Crippen molar-refractivity contribution >= 4 is 23.2 Å². The van der Waals surface area contributed by atoms with Crippen LogP contribution in [0.15, 0.2) is 0 Å². The van der Waals surface area contributed by atoms with Gasteiger partial charge in [0.05, 0.1) is 0 Å². The second-order valence-corrected chi connectivity index (χ2v) is 5.26. The predicted molar refractivity (Wildman–Crippen MR) is 53.7 cm³/mol. The Bertz CT molecular complexity index is 94.2. The van der Waals surface area contributed by atoms with Crippen LogP contribution in [-0.4, -0.2) is 10.3 Å². The van der Waals surface area contributed by atoms with Crippen molar-refractivity contribution in [2.45, 2.75) is 56.7 Å². The van der Waals surface area contributed by atoms with Gasteiger partial charge < -0.3 is 0 Å². The molecular formula is C9H18Cl2. The van der Waals surface area contributed by atoms with Crippen LogP contribution in [0, 0.1) is 0 Å². The third-order valence-corrected chi connectivity index (χ3v) is 2.45. The molecule has 11 heavy (non-hydrogen) atoms. The number of hydrogen-bond acceptors (Lipinski definition) is 0. The summed E-state index contributed by atoms with van der Waals surface area (Å²) >= 11 is 12.0. The molecule has 0 nitrogen and oxygen atoms in total. The molecule has 68 valence electrons. The van der Waals surface area contributed by atoms with Crippen LogP contribution in [0.25, 0.3) is 0 Å². The van der Waals surface area contributed by atoms with Gasteiger partial charge in [0.1, 0.15) is 0 Å². The molecule has 0 aliphatic carbocycles. The van der Waals surface area contributed by atoms with E-state index in [0.717, 1.165) is 25.7 Å². The molecule has 0 aliphatic rings. The quantitative estimate of drug-likeness (QED) is 0.579. The first kappa shape index (κ1) is 11.6. The maximum atomic E-state index is 6.02. The molecule has 0 rings (SSSR count). The minimum Gasteiger partial charge on any atom is -0.123 e. The van der Waals surface area contributed by atoms with Crippen molar-refractivity contribution in [1.29, 1.82) is 0 Å². The fourth-order valence-corrected chi connectivity index (χ4v) is 1.24. The van der Waals surface area contributed by atoms with Crippen LogP contribution < -0.4 is 0 Å². The average Bonchev–Trinajstić information content (AvgIpc) is 1.85. The van der Waals surface area contributed by atoms with Gasteiger partial charge in [0.25, 0.3) is 0 Å². The highest BCUT2D eigenvalue weighted by Gasteiger charge is 2.13. The molecule has 0 saturated heterocycles. The maximum absolute atomic E-state index is 6.02. The molecule has 0 N–H and O–H groups in total. The first-order chi connectivity index (χ1) is 4.95. The molecule has 0 spiro atoms. The van der Waals surface area contributed by atoms with Crippen molar-refractivity contribution in [3.63, 3.8) is 0 Å². The molecule has 0 heterocycles. The van der Waals surface area contributed by atoms with E-state index >= 15 is 0 Å². The molecule has 0 aliphatic heterocycles. The predicted octanol–water partition coefficient (Wildman–Crippen LogP) is 4.19. The highest BCUT2D eigenvalue weighted by atomic mass is 35.5. The van der Waals surface area contributed by atoms with E-state index in [1.165, 1.54) is 0 Å². The van der Waals surface area contributed by atoms with E-state index in [4.69, 9.17) is 23.2 Å². The summed E-state index contributed by atoms with van der Waals surface area (Å²) in [6, 6.07) is 0. The lowest BCUT2D eigenvalue weighted by Gasteiger charge is -2.15. The summed E-state index contributed by atoms with van der Waals surface area (Å²) in [6.45, 7) is 6.21. The van der Waals surface area contributed by atoms with Gasteiger partial charge in [-0.25, -0.2) is 0 Å². The highest BCUT2D eigenvalue weighted by Crippen LogP contribution is 2.22. The van der Waals surface area contributed by atoms with Crippen LogP contribution in [0.4, 0.5) is 0 Å². The minimum absolute atomic E-state index is 0.0512. The Hall–Kier alpha value is 0.580. The van der Waals surface area contributed by atoms with Gasteiger partial charge in [0.2, 0.25) is 0 Å². The highest BCUT2D eigenvalue weighted by molar-refractivity contribution is 6.23. The fourth-order valence-electron chi connectivity index (χ4n) is 0.948. The first-order valence-corrected chi connectivity index (χ1v) is 5.10. The summed E-state index contributed by atoms with van der Waals surface area (Å²) in [6.07, 6.45) is 4.34. The van der Waals surface area contributed by atoms with Crippen LogP contribution in [0.3, 0.4) is 0 Å². The summed E-state index contributed by atoms with van der Waals surface area (Å²) in [7, 11) is 0. The zero-order chi connectivity index (χ0) is 8.91. The Morgan fingerprint density at radius 3 is 2.27 bits per heavy atom. The topological polar surface area (TPSA) is 0 Å². The van der Waals surface area contributed by atoms with Gasteiger partial charge in [0.15, 0.2) is 0 Å². The van der Waals surface area contributed by atoms with Gasteiger partial charge in [-0.15, -0.1) is 23.2 Å². The van der Waals surface area contributed by atoms with Crippen LogP contribution in [-0.2, 0) is 0 Å². The summed E-state index contributed by atoms with van der Waals surface area (Å²) in [5, 5.41) is 0.342. The fraction of sp³-hybridized carbons (Fsp3) is 1.00. The van der Waals surface area contributed by atoms with Crippen molar-refractivity contribution in [2.24, 2.45) is 0 Å². The van der Waals surface area contributed by atoms with Crippen LogP contribution in [0.5, 0.6) is 0 Å². The monoisotopic (exact) mass is 196 g/mol. The van der Waals surface area contributed by atoms with E-state index in [1.54, 1.807) is 0 Å². The first-order valence-electron chi connectivity index (χ1n) is 4.28. The number of alkyl halides is 2. The third kappa shape index (κ3) is 8.49. The molecule has 0 aromatic rings. The molecule has 2 heteroatoms. The Labute approximate surface area is 80.3 Å². The van der Waals surface area contributed by atoms with Gasteiger partial charge in [-0.2, -0.15) is 0 Å². The largest absolute Gasteiger partial charge is 0.123 e. The van der Waals surface area contributed by atoms with Gasteiger partial charge in [-0.1, -0.05) is 13.3 Å². The number of hydrogen-bond donors (Lipinski definition) is 0. The Morgan fingerprint density at radius 1 is 1.36 bits per heavy atom. The molecule has 0 amide bonds. The summed E-state index contributed by atoms with van der Waals surface area (Å²) in [5.74, 6) is 0. The van der Waals surface area contributed by atoms with Gasteiger partial charge in [0, 0.05) is 10.3 Å². The molecule has 0 aromatic heterocycles. The van der Waals surface area contributed by atoms with E-state index in [2.05, 4.69) is 6.92 Å². The van der Waals surface area contributed by atoms with E-state index in [9.17, 15) is 0 Å². The van der Waals surface area contributed by atoms with E-state index in [0.29, 0.717) is 5.38 Å². The maximum Gasteiger partial charge on any atom is 0.0390 e. The standard InChI is InChI=1S/C9H18Cl2/c1-4-8(10)6-5-7-9(2,3)11/h8H,4-7H2,1-3H3. The molecule has 1 atom stereocenters. The molecule has 0 bridgehead atoms. The second kappa shape index (κ2) is 5.27. The van der Waals surface area contributed by atoms with Crippen molar-refractivity contribution in [2.75, 3.05) is 0 Å². The van der Waals surface area contributed by atoms with Crippen molar-refractivity contribution < 1.29 is 0 Å². The minimum atomic E-state index is -0.0512. The van der Waals surface area contributed by atoms with Gasteiger partial charge in [-0.3, -0.25) is 0 Å². The summed E-state index contributed by atoms with van der Waals surface area (Å²) in [5.41, 5.74) is 0. The number of rotatable bonds is 5. The Balaban J connectivity index is 3.28. The summed E-state index contributed by atoms with van der Waals surface area (Å²) in [4.78, 5) is -0.0512. The lowest BCUT2D eigenvalue weighted by atomic mass is 10.0. The van der Waals surface area contributed by atoms with Crippen molar-refractivity contribution in [1.82, 2.24) is 0 Å². The number of halogens is 2. The molecule has 0 fully saturated rings. The Morgan fingerprint density at radius 2 is 1.91 bits per heavy atom. The van der Waals surface area contributed by atoms with Gasteiger partial charge >= 0.3 is 0 Å². The summed E-state index contributed by atoms with van der Waals surface area (Å²) < 4.78 is 0. The van der Waals surface area contributed by atoms with Crippen LogP contribution >= 0.6 is 23.2 Å². The van der Waals surface area contributed by atoms with E-state index in [1.807, 2.05) is 13.8 Å². The van der Waals surface area contributed by atoms with Gasteiger partial charge in [-0.05, 0) is 33.1 Å². The van der Waals surface area contributed by atoms with Crippen LogP contribution in [0.1, 0.15) is 46.5 Å². The smallest absolute Gasteiger partial charge is 0.0390 e. The zero-order valence-electron chi connectivity index (χ0n) is 7.66. The lowest BCUT2D eigenvalue weighted by Crippen LogP contribution is -2.10. The Kier molecular flexibility index (Phi) is 5.54. The van der Waals surface area contributed by atoms with E-state index in [-0.39, 0.29) is 4.87 Å². The molecule has 0 aromatic carbocycles. The zero-order valence-corrected chi connectivity index (χ0v) is 9.17. The third-order valence-electron chi connectivity index (χ3n) is 1.73. The molecular weight excluding hydrogens is 179 g/mol. The van der Waals surface area contributed by atoms with E-state index < -0.39 is 0 Å². The molecule has 1 unspecified atom stereocenters. The SMILES string of the molecule is CCC(Cl)CCCC(C)(C)Cl. The van der Waals surface area contributed by atoms with Crippen molar-refractivity contribution in [3.8, 4) is 0 Å². The normalized spacial score (nSPS) is 15.0. The molecule has 0 saturated carbocycles. The average molecular weight is 197 g/mol. The lowest BCUT2D eigenvalue weighted by molar-refractivity contribution is 0.555. The second-order valence-electron chi connectivity index (χ2n) is 3.62.